The van der Waals surface area contributed by atoms with Crippen molar-refractivity contribution in [3.63, 3.8) is 0 Å². The van der Waals surface area contributed by atoms with Gasteiger partial charge in [0.25, 0.3) is 5.91 Å². The highest BCUT2D eigenvalue weighted by molar-refractivity contribution is 9.10. The largest absolute Gasteiger partial charge is 0.496 e. The lowest BCUT2D eigenvalue weighted by molar-refractivity contribution is 0.0761. The SMILES string of the molecule is COc1cc(Br)ccc1C(=O)N1CC[C@H](O)C1. The summed E-state index contributed by atoms with van der Waals surface area (Å²) in [5.74, 6) is 0.455. The van der Waals surface area contributed by atoms with E-state index in [0.29, 0.717) is 30.8 Å². The van der Waals surface area contributed by atoms with E-state index < -0.39 is 6.10 Å². The minimum Gasteiger partial charge on any atom is -0.496 e. The zero-order valence-corrected chi connectivity index (χ0v) is 11.1. The van der Waals surface area contributed by atoms with Crippen molar-refractivity contribution in [1.29, 1.82) is 0 Å². The van der Waals surface area contributed by atoms with Crippen LogP contribution in [-0.2, 0) is 0 Å². The van der Waals surface area contributed by atoms with Crippen molar-refractivity contribution in [3.8, 4) is 5.75 Å². The number of carbonyl (C=O) groups is 1. The van der Waals surface area contributed by atoms with E-state index in [2.05, 4.69) is 15.9 Å². The highest BCUT2D eigenvalue weighted by Gasteiger charge is 2.27. The number of ether oxygens (including phenoxy) is 1. The number of β-amino-alcohol motifs (C(OH)–C–C–N with tert-alkyl or cyclic N) is 1. The number of halogens is 1. The number of benzene rings is 1. The molecule has 0 spiro atoms. The Morgan fingerprint density at radius 3 is 2.94 bits per heavy atom. The maximum atomic E-state index is 12.2. The monoisotopic (exact) mass is 299 g/mol. The van der Waals surface area contributed by atoms with Gasteiger partial charge in [-0.3, -0.25) is 4.79 Å². The molecule has 1 heterocycles. The van der Waals surface area contributed by atoms with Crippen LogP contribution in [0.3, 0.4) is 0 Å². The standard InChI is InChI=1S/C12H14BrNO3/c1-17-11-6-8(13)2-3-10(11)12(16)14-5-4-9(15)7-14/h2-3,6,9,15H,4-5,7H2,1H3/t9-/m0/s1. The summed E-state index contributed by atoms with van der Waals surface area (Å²) in [5, 5.41) is 9.43. The Labute approximate surface area is 108 Å². The molecule has 0 unspecified atom stereocenters. The number of rotatable bonds is 2. The van der Waals surface area contributed by atoms with Gasteiger partial charge in [-0.25, -0.2) is 0 Å². The molecule has 0 radical (unpaired) electrons. The van der Waals surface area contributed by atoms with E-state index in [1.54, 1.807) is 17.0 Å². The third kappa shape index (κ3) is 2.61. The van der Waals surface area contributed by atoms with Crippen molar-refractivity contribution in [2.45, 2.75) is 12.5 Å². The van der Waals surface area contributed by atoms with Gasteiger partial charge < -0.3 is 14.7 Å². The van der Waals surface area contributed by atoms with Crippen molar-refractivity contribution in [3.05, 3.63) is 28.2 Å². The van der Waals surface area contributed by atoms with Crippen LogP contribution in [0, 0.1) is 0 Å². The Balaban J connectivity index is 2.24. The second kappa shape index (κ2) is 5.06. The van der Waals surface area contributed by atoms with Gasteiger partial charge in [0.15, 0.2) is 0 Å². The molecule has 1 aromatic carbocycles. The molecule has 1 aliphatic heterocycles. The second-order valence-electron chi connectivity index (χ2n) is 4.04. The fraction of sp³-hybridized carbons (Fsp3) is 0.417. The molecule has 0 saturated carbocycles. The van der Waals surface area contributed by atoms with Gasteiger partial charge in [-0.15, -0.1) is 0 Å². The third-order valence-corrected chi connectivity index (χ3v) is 3.34. The fourth-order valence-electron chi connectivity index (χ4n) is 1.94. The summed E-state index contributed by atoms with van der Waals surface area (Å²) < 4.78 is 6.06. The number of aliphatic hydroxyl groups excluding tert-OH is 1. The number of likely N-dealkylation sites (tertiary alicyclic amines) is 1. The third-order valence-electron chi connectivity index (χ3n) is 2.84. The molecule has 92 valence electrons. The van der Waals surface area contributed by atoms with Crippen LogP contribution in [0.15, 0.2) is 22.7 Å². The molecule has 1 saturated heterocycles. The maximum Gasteiger partial charge on any atom is 0.257 e. The first-order valence-corrected chi connectivity index (χ1v) is 6.22. The molecule has 17 heavy (non-hydrogen) atoms. The van der Waals surface area contributed by atoms with Gasteiger partial charge >= 0.3 is 0 Å². The molecule has 2 rings (SSSR count). The van der Waals surface area contributed by atoms with Crippen molar-refractivity contribution in [2.24, 2.45) is 0 Å². The lowest BCUT2D eigenvalue weighted by atomic mass is 10.2. The van der Waals surface area contributed by atoms with Gasteiger partial charge in [0, 0.05) is 17.6 Å². The molecule has 0 bridgehead atoms. The molecule has 1 atom stereocenters. The van der Waals surface area contributed by atoms with E-state index in [9.17, 15) is 9.90 Å². The van der Waals surface area contributed by atoms with Crippen LogP contribution in [0.2, 0.25) is 0 Å². The average Bonchev–Trinajstić information content (AvgIpc) is 2.75. The predicted molar refractivity (Wildman–Crippen MR) is 67.2 cm³/mol. The molecule has 4 nitrogen and oxygen atoms in total. The molecular weight excluding hydrogens is 286 g/mol. The average molecular weight is 300 g/mol. The smallest absolute Gasteiger partial charge is 0.257 e. The predicted octanol–water partition coefficient (Wildman–Crippen LogP) is 1.66. The number of aliphatic hydroxyl groups is 1. The van der Waals surface area contributed by atoms with Crippen molar-refractivity contribution >= 4 is 21.8 Å². The number of hydrogen-bond acceptors (Lipinski definition) is 3. The zero-order chi connectivity index (χ0) is 12.4. The van der Waals surface area contributed by atoms with Crippen LogP contribution in [0.4, 0.5) is 0 Å². The fourth-order valence-corrected chi connectivity index (χ4v) is 2.28. The van der Waals surface area contributed by atoms with E-state index in [1.807, 2.05) is 6.07 Å². The van der Waals surface area contributed by atoms with Crippen LogP contribution < -0.4 is 4.74 Å². The van der Waals surface area contributed by atoms with Gasteiger partial charge in [-0.2, -0.15) is 0 Å². The van der Waals surface area contributed by atoms with Crippen molar-refractivity contribution in [1.82, 2.24) is 4.90 Å². The van der Waals surface area contributed by atoms with Crippen LogP contribution in [0.5, 0.6) is 5.75 Å². The highest BCUT2D eigenvalue weighted by Crippen LogP contribution is 2.25. The molecular formula is C12H14BrNO3. The molecule has 0 aromatic heterocycles. The minimum atomic E-state index is -0.402. The number of carbonyl (C=O) groups excluding carboxylic acids is 1. The Morgan fingerprint density at radius 1 is 1.59 bits per heavy atom. The van der Waals surface area contributed by atoms with E-state index >= 15 is 0 Å². The Bertz CT molecular complexity index is 436. The first kappa shape index (κ1) is 12.4. The quantitative estimate of drug-likeness (QED) is 0.904. The van der Waals surface area contributed by atoms with Gasteiger partial charge in [0.2, 0.25) is 0 Å². The van der Waals surface area contributed by atoms with E-state index in [4.69, 9.17) is 4.74 Å². The van der Waals surface area contributed by atoms with Crippen molar-refractivity contribution in [2.75, 3.05) is 20.2 Å². The Kier molecular flexibility index (Phi) is 3.69. The lowest BCUT2D eigenvalue weighted by Crippen LogP contribution is -2.29. The van der Waals surface area contributed by atoms with Crippen LogP contribution >= 0.6 is 15.9 Å². The van der Waals surface area contributed by atoms with Crippen LogP contribution in [0.1, 0.15) is 16.8 Å². The summed E-state index contributed by atoms with van der Waals surface area (Å²) in [5.41, 5.74) is 0.532. The Hall–Kier alpha value is -1.07. The first-order chi connectivity index (χ1) is 8.11. The minimum absolute atomic E-state index is 0.0918. The van der Waals surface area contributed by atoms with Gasteiger partial charge in [-0.05, 0) is 24.6 Å². The number of nitrogens with zero attached hydrogens (tertiary/aromatic N) is 1. The van der Waals surface area contributed by atoms with E-state index in [-0.39, 0.29) is 5.91 Å². The zero-order valence-electron chi connectivity index (χ0n) is 9.52. The summed E-state index contributed by atoms with van der Waals surface area (Å²) in [6, 6.07) is 5.30. The summed E-state index contributed by atoms with van der Waals surface area (Å²) in [7, 11) is 1.54. The van der Waals surface area contributed by atoms with E-state index in [0.717, 1.165) is 4.47 Å². The summed E-state index contributed by atoms with van der Waals surface area (Å²) in [6.45, 7) is 0.997. The molecule has 0 aliphatic carbocycles. The van der Waals surface area contributed by atoms with Crippen LogP contribution in [0.25, 0.3) is 0 Å². The second-order valence-corrected chi connectivity index (χ2v) is 4.95. The van der Waals surface area contributed by atoms with Crippen LogP contribution in [-0.4, -0.2) is 42.2 Å². The molecule has 1 aromatic rings. The highest BCUT2D eigenvalue weighted by atomic mass is 79.9. The topological polar surface area (TPSA) is 49.8 Å². The summed E-state index contributed by atoms with van der Waals surface area (Å²) >= 11 is 3.33. The van der Waals surface area contributed by atoms with E-state index in [1.165, 1.54) is 7.11 Å². The number of amides is 1. The molecule has 1 N–H and O–H groups in total. The number of methoxy groups -OCH3 is 1. The van der Waals surface area contributed by atoms with Gasteiger partial charge in [-0.1, -0.05) is 15.9 Å². The number of hydrogen-bond donors (Lipinski definition) is 1. The van der Waals surface area contributed by atoms with Gasteiger partial charge in [0.1, 0.15) is 5.75 Å². The molecule has 1 aliphatic rings. The molecule has 1 amide bonds. The summed E-state index contributed by atoms with van der Waals surface area (Å²) in [6.07, 6.45) is 0.241. The Morgan fingerprint density at radius 2 is 2.35 bits per heavy atom. The summed E-state index contributed by atoms with van der Waals surface area (Å²) in [4.78, 5) is 13.9. The first-order valence-electron chi connectivity index (χ1n) is 5.42. The van der Waals surface area contributed by atoms with Crippen molar-refractivity contribution < 1.29 is 14.6 Å². The lowest BCUT2D eigenvalue weighted by Gasteiger charge is -2.17. The van der Waals surface area contributed by atoms with Gasteiger partial charge in [0.05, 0.1) is 18.8 Å². The molecule has 5 heteroatoms. The molecule has 1 fully saturated rings. The maximum absolute atomic E-state index is 12.2. The normalized spacial score (nSPS) is 19.5.